The maximum Gasteiger partial charge on any atom is 0.451 e. The highest BCUT2D eigenvalue weighted by atomic mass is 19.4. The average Bonchev–Trinajstić information content (AvgIpc) is 2.71. The number of aryl methyl sites for hydroxylation is 1. The van der Waals surface area contributed by atoms with Crippen LogP contribution < -0.4 is 15.5 Å². The van der Waals surface area contributed by atoms with Gasteiger partial charge in [-0.1, -0.05) is 6.58 Å². The van der Waals surface area contributed by atoms with Crippen LogP contribution >= 0.6 is 0 Å². The number of ether oxygens (including phenoxy) is 1. The van der Waals surface area contributed by atoms with Crippen LogP contribution in [-0.4, -0.2) is 50.6 Å². The standard InChI is InChI=1S/C24H30F3N7O2/c1-12-17-19(34(6)18(20(35)32-17)13(2)36-23(3,4)5)33-22(30-12)31-16-8-14(9-16)7-15-10-28-21(29-11-15)24(25,26)27/h10-11,14,16,18H,2,7-9H2,1,3-6H3,(H,32,35)(H,30,31,33)/t14?,16?,18-/m0/s1. The highest BCUT2D eigenvalue weighted by Crippen LogP contribution is 2.37. The smallest absolute Gasteiger partial charge is 0.451 e. The van der Waals surface area contributed by atoms with E-state index < -0.39 is 23.6 Å². The zero-order valence-corrected chi connectivity index (χ0v) is 20.9. The molecule has 2 N–H and O–H groups in total. The molecule has 2 aliphatic rings. The highest BCUT2D eigenvalue weighted by Gasteiger charge is 2.38. The average molecular weight is 506 g/mol. The lowest BCUT2D eigenvalue weighted by molar-refractivity contribution is -0.145. The number of alkyl halides is 3. The molecule has 0 unspecified atom stereocenters. The lowest BCUT2D eigenvalue weighted by atomic mass is 9.77. The Balaban J connectivity index is 1.39. The van der Waals surface area contributed by atoms with Crippen LogP contribution in [0.25, 0.3) is 0 Å². The second-order valence-electron chi connectivity index (χ2n) is 10.3. The lowest BCUT2D eigenvalue weighted by Crippen LogP contribution is -2.49. The number of nitrogens with one attached hydrogen (secondary N) is 2. The summed E-state index contributed by atoms with van der Waals surface area (Å²) in [6, 6.07) is -0.612. The molecule has 1 atom stereocenters. The summed E-state index contributed by atoms with van der Waals surface area (Å²) >= 11 is 0. The number of rotatable bonds is 6. The number of fused-ring (bicyclic) bond motifs is 1. The van der Waals surface area contributed by atoms with Crippen molar-refractivity contribution in [2.24, 2.45) is 5.92 Å². The van der Waals surface area contributed by atoms with Gasteiger partial charge in [-0.25, -0.2) is 15.0 Å². The zero-order chi connectivity index (χ0) is 26.4. The van der Waals surface area contributed by atoms with Gasteiger partial charge in [0.1, 0.15) is 17.0 Å². The summed E-state index contributed by atoms with van der Waals surface area (Å²) in [7, 11) is 1.77. The summed E-state index contributed by atoms with van der Waals surface area (Å²) in [5.41, 5.74) is 1.34. The van der Waals surface area contributed by atoms with E-state index >= 15 is 0 Å². The number of hydrogen-bond donors (Lipinski definition) is 2. The molecule has 1 aliphatic heterocycles. The monoisotopic (exact) mass is 505 g/mol. The van der Waals surface area contributed by atoms with Crippen LogP contribution in [0.4, 0.5) is 30.6 Å². The van der Waals surface area contributed by atoms with E-state index in [0.29, 0.717) is 46.8 Å². The first kappa shape index (κ1) is 25.6. The van der Waals surface area contributed by atoms with Gasteiger partial charge >= 0.3 is 6.18 Å². The maximum absolute atomic E-state index is 12.8. The number of carbonyl (C=O) groups is 1. The Morgan fingerprint density at radius 2 is 1.86 bits per heavy atom. The molecule has 0 radical (unpaired) electrons. The van der Waals surface area contributed by atoms with Crippen molar-refractivity contribution in [2.45, 2.75) is 70.8 Å². The molecule has 1 aliphatic carbocycles. The van der Waals surface area contributed by atoms with Gasteiger partial charge in [-0.05, 0) is 58.4 Å². The van der Waals surface area contributed by atoms with Crippen molar-refractivity contribution in [1.29, 1.82) is 0 Å². The number of amides is 1. The van der Waals surface area contributed by atoms with Gasteiger partial charge in [-0.15, -0.1) is 0 Å². The summed E-state index contributed by atoms with van der Waals surface area (Å²) in [5.74, 6) is 0.235. The predicted molar refractivity (Wildman–Crippen MR) is 128 cm³/mol. The Kier molecular flexibility index (Phi) is 6.56. The normalized spacial score (nSPS) is 21.8. The molecule has 194 valence electrons. The van der Waals surface area contributed by atoms with E-state index in [4.69, 9.17) is 4.74 Å². The van der Waals surface area contributed by atoms with E-state index in [1.807, 2.05) is 20.8 Å². The third-order valence-corrected chi connectivity index (χ3v) is 6.08. The van der Waals surface area contributed by atoms with Crippen molar-refractivity contribution in [3.63, 3.8) is 0 Å². The van der Waals surface area contributed by atoms with Gasteiger partial charge in [0.15, 0.2) is 11.9 Å². The van der Waals surface area contributed by atoms with Crippen LogP contribution in [0.2, 0.25) is 0 Å². The molecular weight excluding hydrogens is 475 g/mol. The Bertz CT molecular complexity index is 1160. The van der Waals surface area contributed by atoms with Crippen molar-refractivity contribution in [3.05, 3.63) is 41.8 Å². The summed E-state index contributed by atoms with van der Waals surface area (Å²) in [6.07, 6.45) is 0.167. The van der Waals surface area contributed by atoms with Crippen LogP contribution in [0.1, 0.15) is 50.7 Å². The molecule has 12 heteroatoms. The molecule has 36 heavy (non-hydrogen) atoms. The maximum atomic E-state index is 12.8. The first-order valence-corrected chi connectivity index (χ1v) is 11.7. The number of halogens is 3. The van der Waals surface area contributed by atoms with E-state index in [1.165, 1.54) is 12.4 Å². The highest BCUT2D eigenvalue weighted by molar-refractivity contribution is 6.04. The minimum absolute atomic E-state index is 0.126. The molecule has 2 aromatic rings. The van der Waals surface area contributed by atoms with Crippen molar-refractivity contribution in [3.8, 4) is 0 Å². The Hall–Kier alpha value is -3.44. The summed E-state index contributed by atoms with van der Waals surface area (Å²) in [6.45, 7) is 11.4. The molecule has 2 aromatic heterocycles. The van der Waals surface area contributed by atoms with E-state index in [2.05, 4.69) is 37.1 Å². The van der Waals surface area contributed by atoms with Gasteiger partial charge in [0.2, 0.25) is 11.8 Å². The predicted octanol–water partition coefficient (Wildman–Crippen LogP) is 4.11. The van der Waals surface area contributed by atoms with Gasteiger partial charge < -0.3 is 20.3 Å². The Morgan fingerprint density at radius 3 is 2.44 bits per heavy atom. The van der Waals surface area contributed by atoms with E-state index in [0.717, 1.165) is 12.8 Å². The van der Waals surface area contributed by atoms with Gasteiger partial charge in [-0.2, -0.15) is 18.2 Å². The largest absolute Gasteiger partial charge is 0.490 e. The zero-order valence-electron chi connectivity index (χ0n) is 20.9. The molecule has 3 heterocycles. The fourth-order valence-electron chi connectivity index (χ4n) is 4.47. The summed E-state index contributed by atoms with van der Waals surface area (Å²) in [4.78, 5) is 30.5. The minimum Gasteiger partial charge on any atom is -0.490 e. The van der Waals surface area contributed by atoms with Gasteiger partial charge in [-0.3, -0.25) is 4.79 Å². The van der Waals surface area contributed by atoms with E-state index in [-0.39, 0.29) is 11.9 Å². The SMILES string of the molecule is C=C(OC(C)(C)C)[C@H]1C(=O)Nc2c(C)nc(NC3CC(Cc4cnc(C(F)(F)F)nc4)C3)nc2N1C. The number of nitrogens with zero attached hydrogens (tertiary/aromatic N) is 5. The molecule has 0 saturated heterocycles. The molecule has 0 spiro atoms. The van der Waals surface area contributed by atoms with Crippen molar-refractivity contribution < 1.29 is 22.7 Å². The van der Waals surface area contributed by atoms with Crippen LogP contribution in [0, 0.1) is 12.8 Å². The molecule has 4 rings (SSSR count). The van der Waals surface area contributed by atoms with Crippen molar-refractivity contribution in [2.75, 3.05) is 22.6 Å². The summed E-state index contributed by atoms with van der Waals surface area (Å²) in [5, 5.41) is 6.21. The quantitative estimate of drug-likeness (QED) is 0.565. The number of aromatic nitrogens is 4. The first-order valence-electron chi connectivity index (χ1n) is 11.7. The fraction of sp³-hybridized carbons (Fsp3) is 0.542. The van der Waals surface area contributed by atoms with Gasteiger partial charge in [0.05, 0.1) is 5.69 Å². The van der Waals surface area contributed by atoms with Crippen molar-refractivity contribution >= 4 is 23.4 Å². The molecule has 1 amide bonds. The number of hydrogen-bond acceptors (Lipinski definition) is 8. The third-order valence-electron chi connectivity index (χ3n) is 6.08. The van der Waals surface area contributed by atoms with Crippen LogP contribution in [-0.2, 0) is 22.1 Å². The second-order valence-corrected chi connectivity index (χ2v) is 10.3. The minimum atomic E-state index is -4.54. The lowest BCUT2D eigenvalue weighted by Gasteiger charge is -2.38. The molecule has 1 fully saturated rings. The molecule has 0 bridgehead atoms. The van der Waals surface area contributed by atoms with Gasteiger partial charge in [0.25, 0.3) is 5.91 Å². The van der Waals surface area contributed by atoms with E-state index in [9.17, 15) is 18.0 Å². The second kappa shape index (κ2) is 9.21. The van der Waals surface area contributed by atoms with Crippen molar-refractivity contribution in [1.82, 2.24) is 19.9 Å². The van der Waals surface area contributed by atoms with E-state index in [1.54, 1.807) is 18.9 Å². The number of carbonyl (C=O) groups excluding carboxylic acids is 1. The number of anilines is 3. The Morgan fingerprint density at radius 1 is 1.22 bits per heavy atom. The molecule has 1 saturated carbocycles. The fourth-order valence-corrected chi connectivity index (χ4v) is 4.47. The third kappa shape index (κ3) is 5.52. The number of likely N-dealkylation sites (N-methyl/N-ethyl adjacent to an activating group) is 1. The first-order chi connectivity index (χ1) is 16.7. The van der Waals surface area contributed by atoms with Crippen LogP contribution in [0.5, 0.6) is 0 Å². The van der Waals surface area contributed by atoms with Gasteiger partial charge in [0, 0.05) is 25.5 Å². The molecular formula is C24H30F3N7O2. The Labute approximate surface area is 207 Å². The van der Waals surface area contributed by atoms with Crippen LogP contribution in [0.15, 0.2) is 24.7 Å². The topological polar surface area (TPSA) is 105 Å². The summed E-state index contributed by atoms with van der Waals surface area (Å²) < 4.78 is 43.8. The molecule has 0 aromatic carbocycles. The van der Waals surface area contributed by atoms with Crippen LogP contribution in [0.3, 0.4) is 0 Å². The molecule has 9 nitrogen and oxygen atoms in total.